The lowest BCUT2D eigenvalue weighted by Crippen LogP contribution is -2.31. The Morgan fingerprint density at radius 3 is 2.94 bits per heavy atom. The van der Waals surface area contributed by atoms with Gasteiger partial charge in [-0.05, 0) is 73.0 Å². The van der Waals surface area contributed by atoms with Gasteiger partial charge in [0.05, 0.1) is 0 Å². The van der Waals surface area contributed by atoms with Crippen LogP contribution in [0.5, 0.6) is 0 Å². The maximum atomic E-state index is 3.72. The Labute approximate surface area is 117 Å². The van der Waals surface area contributed by atoms with Crippen molar-refractivity contribution in [3.63, 3.8) is 0 Å². The van der Waals surface area contributed by atoms with Gasteiger partial charge in [0, 0.05) is 20.8 Å². The van der Waals surface area contributed by atoms with Crippen LogP contribution < -0.4 is 5.32 Å². The van der Waals surface area contributed by atoms with Crippen molar-refractivity contribution in [1.82, 2.24) is 5.32 Å². The van der Waals surface area contributed by atoms with Gasteiger partial charge in [-0.15, -0.1) is 11.3 Å². The second kappa shape index (κ2) is 6.91. The van der Waals surface area contributed by atoms with Gasteiger partial charge < -0.3 is 5.32 Å². The van der Waals surface area contributed by atoms with Crippen molar-refractivity contribution in [1.29, 1.82) is 0 Å². The number of halogens is 1. The molecule has 1 nitrogen and oxygen atoms in total. The van der Waals surface area contributed by atoms with Crippen molar-refractivity contribution in [3.8, 4) is 0 Å². The van der Waals surface area contributed by atoms with E-state index in [2.05, 4.69) is 39.6 Å². The third-order valence-corrected chi connectivity index (χ3v) is 5.17. The minimum Gasteiger partial charge on any atom is -0.314 e. The first-order chi connectivity index (χ1) is 8.29. The van der Waals surface area contributed by atoms with Crippen LogP contribution in [0.15, 0.2) is 15.9 Å². The Morgan fingerprint density at radius 1 is 1.53 bits per heavy atom. The van der Waals surface area contributed by atoms with Gasteiger partial charge in [-0.3, -0.25) is 0 Å². The predicted molar refractivity (Wildman–Crippen MR) is 79.8 cm³/mol. The molecule has 0 aliphatic heterocycles. The molecule has 0 bridgehead atoms. The molecular weight excluding hydrogens is 294 g/mol. The van der Waals surface area contributed by atoms with E-state index in [1.54, 1.807) is 0 Å². The Kier molecular flexibility index (Phi) is 5.51. The maximum absolute atomic E-state index is 3.72. The topological polar surface area (TPSA) is 12.0 Å². The summed E-state index contributed by atoms with van der Waals surface area (Å²) in [6.45, 7) is 3.44. The molecule has 0 radical (unpaired) electrons. The molecule has 1 saturated carbocycles. The van der Waals surface area contributed by atoms with Crippen molar-refractivity contribution in [3.05, 3.63) is 20.8 Å². The molecule has 2 rings (SSSR count). The summed E-state index contributed by atoms with van der Waals surface area (Å²) >= 11 is 5.39. The zero-order valence-corrected chi connectivity index (χ0v) is 12.9. The lowest BCUT2D eigenvalue weighted by Gasteiger charge is -2.17. The molecule has 3 heteroatoms. The SMILES string of the molecule is CCCNC(CCCc1cc(Br)cs1)C1CC1. The van der Waals surface area contributed by atoms with Gasteiger partial charge in [0.1, 0.15) is 0 Å². The van der Waals surface area contributed by atoms with Gasteiger partial charge in [0.2, 0.25) is 0 Å². The van der Waals surface area contributed by atoms with E-state index in [1.807, 2.05) is 11.3 Å². The van der Waals surface area contributed by atoms with E-state index in [4.69, 9.17) is 0 Å². The molecule has 1 aromatic rings. The molecule has 1 aromatic heterocycles. The Hall–Kier alpha value is 0.140. The molecule has 0 spiro atoms. The summed E-state index contributed by atoms with van der Waals surface area (Å²) in [7, 11) is 0. The Morgan fingerprint density at radius 2 is 2.35 bits per heavy atom. The molecule has 1 fully saturated rings. The fourth-order valence-corrected chi connectivity index (χ4v) is 3.81. The lowest BCUT2D eigenvalue weighted by molar-refractivity contribution is 0.425. The summed E-state index contributed by atoms with van der Waals surface area (Å²) in [6, 6.07) is 3.05. The first-order valence-corrected chi connectivity index (χ1v) is 8.43. The molecule has 0 aromatic carbocycles. The van der Waals surface area contributed by atoms with E-state index in [0.29, 0.717) is 0 Å². The standard InChI is InChI=1S/C14H22BrNS/c1-2-8-16-14(11-6-7-11)5-3-4-13-9-12(15)10-17-13/h9-11,14,16H,2-8H2,1H3. The summed E-state index contributed by atoms with van der Waals surface area (Å²) in [6.07, 6.45) is 8.07. The van der Waals surface area contributed by atoms with E-state index < -0.39 is 0 Å². The van der Waals surface area contributed by atoms with Gasteiger partial charge in [-0.2, -0.15) is 0 Å². The third kappa shape index (κ3) is 4.72. The van der Waals surface area contributed by atoms with Crippen LogP contribution in [0.4, 0.5) is 0 Å². The molecule has 1 aliphatic carbocycles. The zero-order valence-electron chi connectivity index (χ0n) is 10.5. The molecule has 96 valence electrons. The lowest BCUT2D eigenvalue weighted by atomic mass is 10.0. The fourth-order valence-electron chi connectivity index (χ4n) is 2.31. The smallest absolute Gasteiger partial charge is 0.0285 e. The summed E-state index contributed by atoms with van der Waals surface area (Å²) in [4.78, 5) is 1.52. The van der Waals surface area contributed by atoms with Crippen LogP contribution in [0.2, 0.25) is 0 Å². The van der Waals surface area contributed by atoms with E-state index in [0.717, 1.165) is 12.0 Å². The van der Waals surface area contributed by atoms with Gasteiger partial charge in [-0.25, -0.2) is 0 Å². The van der Waals surface area contributed by atoms with Gasteiger partial charge in [0.25, 0.3) is 0 Å². The average Bonchev–Trinajstić information content (AvgIpc) is 3.08. The van der Waals surface area contributed by atoms with E-state index in [1.165, 1.54) is 54.4 Å². The monoisotopic (exact) mass is 315 g/mol. The Bertz CT molecular complexity index is 333. The van der Waals surface area contributed by atoms with Crippen molar-refractivity contribution in [2.45, 2.75) is 51.5 Å². The molecule has 0 amide bonds. The van der Waals surface area contributed by atoms with Crippen LogP contribution in [0.3, 0.4) is 0 Å². The maximum Gasteiger partial charge on any atom is 0.0285 e. The van der Waals surface area contributed by atoms with Crippen LogP contribution in [-0.4, -0.2) is 12.6 Å². The minimum atomic E-state index is 0.790. The van der Waals surface area contributed by atoms with E-state index in [9.17, 15) is 0 Å². The van der Waals surface area contributed by atoms with Gasteiger partial charge in [0.15, 0.2) is 0 Å². The second-order valence-corrected chi connectivity index (χ2v) is 6.93. The molecular formula is C14H22BrNS. The summed E-state index contributed by atoms with van der Waals surface area (Å²) in [5, 5.41) is 5.90. The van der Waals surface area contributed by atoms with Crippen LogP contribution in [-0.2, 0) is 6.42 Å². The number of rotatable bonds is 8. The largest absolute Gasteiger partial charge is 0.314 e. The quantitative estimate of drug-likeness (QED) is 0.738. The number of hydrogen-bond acceptors (Lipinski definition) is 2. The van der Waals surface area contributed by atoms with Gasteiger partial charge in [-0.1, -0.05) is 6.92 Å². The molecule has 1 heterocycles. The minimum absolute atomic E-state index is 0.790. The van der Waals surface area contributed by atoms with Crippen LogP contribution >= 0.6 is 27.3 Å². The summed E-state index contributed by atoms with van der Waals surface area (Å²) in [5.41, 5.74) is 0. The Balaban J connectivity index is 1.68. The van der Waals surface area contributed by atoms with Crippen molar-refractivity contribution >= 4 is 27.3 Å². The fraction of sp³-hybridized carbons (Fsp3) is 0.714. The van der Waals surface area contributed by atoms with Crippen molar-refractivity contribution < 1.29 is 0 Å². The molecule has 1 aliphatic rings. The van der Waals surface area contributed by atoms with Crippen LogP contribution in [0.25, 0.3) is 0 Å². The van der Waals surface area contributed by atoms with Crippen molar-refractivity contribution in [2.24, 2.45) is 5.92 Å². The zero-order chi connectivity index (χ0) is 12.1. The molecule has 17 heavy (non-hydrogen) atoms. The highest BCUT2D eigenvalue weighted by Gasteiger charge is 2.29. The number of hydrogen-bond donors (Lipinski definition) is 1. The molecule has 0 saturated heterocycles. The highest BCUT2D eigenvalue weighted by Crippen LogP contribution is 2.34. The first-order valence-electron chi connectivity index (χ1n) is 6.76. The van der Waals surface area contributed by atoms with Crippen LogP contribution in [0.1, 0.15) is 43.9 Å². The predicted octanol–water partition coefficient (Wildman–Crippen LogP) is 4.61. The number of aryl methyl sites for hydroxylation is 1. The normalized spacial score (nSPS) is 17.3. The summed E-state index contributed by atoms with van der Waals surface area (Å²) in [5.74, 6) is 0.983. The summed E-state index contributed by atoms with van der Waals surface area (Å²) < 4.78 is 1.24. The van der Waals surface area contributed by atoms with Crippen molar-refractivity contribution in [2.75, 3.05) is 6.54 Å². The van der Waals surface area contributed by atoms with Crippen LogP contribution in [0, 0.1) is 5.92 Å². The van der Waals surface area contributed by atoms with Gasteiger partial charge >= 0.3 is 0 Å². The molecule has 1 unspecified atom stereocenters. The first kappa shape index (κ1) is 13.6. The molecule has 1 atom stereocenters. The van der Waals surface area contributed by atoms with E-state index in [-0.39, 0.29) is 0 Å². The third-order valence-electron chi connectivity index (χ3n) is 3.41. The highest BCUT2D eigenvalue weighted by molar-refractivity contribution is 9.10. The molecule has 1 N–H and O–H groups in total. The highest BCUT2D eigenvalue weighted by atomic mass is 79.9. The number of thiophene rings is 1. The van der Waals surface area contributed by atoms with E-state index >= 15 is 0 Å². The second-order valence-electron chi connectivity index (χ2n) is 5.02. The average molecular weight is 316 g/mol. The number of nitrogens with one attached hydrogen (secondary N) is 1.